The van der Waals surface area contributed by atoms with Gasteiger partial charge in [-0.05, 0) is 36.0 Å². The molecule has 0 saturated heterocycles. The number of hydrogen-bond acceptors (Lipinski definition) is 2. The Labute approximate surface area is 123 Å². The molecular formula is C16H27NO2S. The van der Waals surface area contributed by atoms with Crippen LogP contribution in [0.5, 0.6) is 0 Å². The molecule has 0 saturated carbocycles. The molecule has 0 fully saturated rings. The Bertz CT molecular complexity index is 504. The second kappa shape index (κ2) is 7.23. The van der Waals surface area contributed by atoms with Crippen LogP contribution in [0.1, 0.15) is 58.9 Å². The normalized spacial score (nSPS) is 12.6. The molecule has 1 aromatic rings. The van der Waals surface area contributed by atoms with Crippen LogP contribution < -0.4 is 4.72 Å². The van der Waals surface area contributed by atoms with E-state index in [1.54, 1.807) is 12.1 Å². The van der Waals surface area contributed by atoms with Crippen molar-refractivity contribution in [3.63, 3.8) is 0 Å². The Morgan fingerprint density at radius 2 is 1.65 bits per heavy atom. The average molecular weight is 297 g/mol. The largest absolute Gasteiger partial charge is 0.240 e. The first-order chi connectivity index (χ1) is 9.33. The number of nitrogens with one attached hydrogen (secondary N) is 1. The minimum absolute atomic E-state index is 0.0802. The van der Waals surface area contributed by atoms with Gasteiger partial charge in [0.15, 0.2) is 0 Å². The Morgan fingerprint density at radius 3 is 2.15 bits per heavy atom. The second-order valence-corrected chi connectivity index (χ2v) is 7.63. The topological polar surface area (TPSA) is 46.2 Å². The maximum Gasteiger partial charge on any atom is 0.240 e. The van der Waals surface area contributed by atoms with E-state index in [0.717, 1.165) is 25.7 Å². The lowest BCUT2D eigenvalue weighted by Crippen LogP contribution is -2.25. The molecule has 0 heterocycles. The Kier molecular flexibility index (Phi) is 6.21. The van der Waals surface area contributed by atoms with Crippen LogP contribution in [0.4, 0.5) is 0 Å². The summed E-state index contributed by atoms with van der Waals surface area (Å²) < 4.78 is 26.9. The van der Waals surface area contributed by atoms with Crippen molar-refractivity contribution in [1.82, 2.24) is 4.72 Å². The van der Waals surface area contributed by atoms with Gasteiger partial charge in [-0.3, -0.25) is 0 Å². The quantitative estimate of drug-likeness (QED) is 0.741. The van der Waals surface area contributed by atoms with Crippen LogP contribution >= 0.6 is 0 Å². The SMILES string of the molecule is CCCCCNS(=O)(=O)c1ccc(C(C)(C)CC)cc1. The molecule has 4 heteroatoms. The van der Waals surface area contributed by atoms with Crippen LogP contribution in [0.25, 0.3) is 0 Å². The molecule has 0 unspecified atom stereocenters. The molecule has 20 heavy (non-hydrogen) atoms. The summed E-state index contributed by atoms with van der Waals surface area (Å²) in [6.07, 6.45) is 4.04. The molecule has 0 atom stereocenters. The van der Waals surface area contributed by atoms with E-state index in [1.165, 1.54) is 5.56 Å². The van der Waals surface area contributed by atoms with Gasteiger partial charge in [-0.1, -0.05) is 52.7 Å². The summed E-state index contributed by atoms with van der Waals surface area (Å²) in [6, 6.07) is 7.25. The fourth-order valence-electron chi connectivity index (χ4n) is 1.95. The highest BCUT2D eigenvalue weighted by Gasteiger charge is 2.19. The first kappa shape index (κ1) is 17.2. The molecule has 3 nitrogen and oxygen atoms in total. The van der Waals surface area contributed by atoms with Crippen molar-refractivity contribution in [2.75, 3.05) is 6.54 Å². The van der Waals surface area contributed by atoms with E-state index in [0.29, 0.717) is 11.4 Å². The minimum atomic E-state index is -3.36. The van der Waals surface area contributed by atoms with Gasteiger partial charge in [0.25, 0.3) is 0 Å². The highest BCUT2D eigenvalue weighted by atomic mass is 32.2. The molecule has 1 rings (SSSR count). The molecule has 0 bridgehead atoms. The van der Waals surface area contributed by atoms with Crippen molar-refractivity contribution < 1.29 is 8.42 Å². The van der Waals surface area contributed by atoms with Crippen molar-refractivity contribution in [2.24, 2.45) is 0 Å². The highest BCUT2D eigenvalue weighted by molar-refractivity contribution is 7.89. The standard InChI is InChI=1S/C16H27NO2S/c1-5-7-8-13-17-20(18,19)15-11-9-14(10-12-15)16(3,4)6-2/h9-12,17H,5-8,13H2,1-4H3. The lowest BCUT2D eigenvalue weighted by molar-refractivity contribution is 0.505. The molecule has 114 valence electrons. The molecule has 0 spiro atoms. The van der Waals surface area contributed by atoms with Crippen LogP contribution in [-0.4, -0.2) is 15.0 Å². The van der Waals surface area contributed by atoms with Crippen LogP contribution in [-0.2, 0) is 15.4 Å². The van der Waals surface area contributed by atoms with Gasteiger partial charge >= 0.3 is 0 Å². The monoisotopic (exact) mass is 297 g/mol. The van der Waals surface area contributed by atoms with E-state index in [4.69, 9.17) is 0 Å². The van der Waals surface area contributed by atoms with E-state index in [1.807, 2.05) is 12.1 Å². The fourth-order valence-corrected chi connectivity index (χ4v) is 3.03. The smallest absolute Gasteiger partial charge is 0.211 e. The van der Waals surface area contributed by atoms with E-state index >= 15 is 0 Å². The summed E-state index contributed by atoms with van der Waals surface area (Å²) in [7, 11) is -3.36. The molecule has 0 aliphatic heterocycles. The zero-order valence-electron chi connectivity index (χ0n) is 13.1. The van der Waals surface area contributed by atoms with Crippen LogP contribution in [0.3, 0.4) is 0 Å². The zero-order chi connectivity index (χ0) is 15.2. The molecular weight excluding hydrogens is 270 g/mol. The van der Waals surface area contributed by atoms with E-state index in [-0.39, 0.29) is 5.41 Å². The fraction of sp³-hybridized carbons (Fsp3) is 0.625. The molecule has 0 amide bonds. The first-order valence-electron chi connectivity index (χ1n) is 7.43. The van der Waals surface area contributed by atoms with Crippen molar-refractivity contribution >= 4 is 10.0 Å². The van der Waals surface area contributed by atoms with Crippen LogP contribution in [0.2, 0.25) is 0 Å². The second-order valence-electron chi connectivity index (χ2n) is 5.87. The number of rotatable bonds is 8. The van der Waals surface area contributed by atoms with Crippen molar-refractivity contribution in [2.45, 2.75) is 63.7 Å². The zero-order valence-corrected chi connectivity index (χ0v) is 13.9. The van der Waals surface area contributed by atoms with Gasteiger partial charge < -0.3 is 0 Å². The van der Waals surface area contributed by atoms with Crippen molar-refractivity contribution in [3.05, 3.63) is 29.8 Å². The predicted molar refractivity (Wildman–Crippen MR) is 84.5 cm³/mol. The predicted octanol–water partition coefficient (Wildman–Crippen LogP) is 3.84. The van der Waals surface area contributed by atoms with E-state index in [2.05, 4.69) is 32.4 Å². The molecule has 1 aromatic carbocycles. The van der Waals surface area contributed by atoms with Gasteiger partial charge in [0.05, 0.1) is 4.90 Å². The average Bonchev–Trinajstić information content (AvgIpc) is 2.44. The molecule has 1 N–H and O–H groups in total. The maximum absolute atomic E-state index is 12.1. The summed E-state index contributed by atoms with van der Waals surface area (Å²) in [5, 5.41) is 0. The summed E-state index contributed by atoms with van der Waals surface area (Å²) in [6.45, 7) is 9.08. The maximum atomic E-state index is 12.1. The van der Waals surface area contributed by atoms with Gasteiger partial charge in [-0.15, -0.1) is 0 Å². The van der Waals surface area contributed by atoms with Crippen LogP contribution in [0, 0.1) is 0 Å². The van der Waals surface area contributed by atoms with Gasteiger partial charge in [-0.25, -0.2) is 13.1 Å². The molecule has 0 radical (unpaired) electrons. The Morgan fingerprint density at radius 1 is 1.05 bits per heavy atom. The summed E-state index contributed by atoms with van der Waals surface area (Å²) in [5.41, 5.74) is 1.25. The number of benzene rings is 1. The highest BCUT2D eigenvalue weighted by Crippen LogP contribution is 2.27. The Balaban J connectivity index is 2.77. The van der Waals surface area contributed by atoms with Crippen molar-refractivity contribution in [3.8, 4) is 0 Å². The summed E-state index contributed by atoms with van der Waals surface area (Å²) in [4.78, 5) is 0.352. The number of unbranched alkanes of at least 4 members (excludes halogenated alkanes) is 2. The first-order valence-corrected chi connectivity index (χ1v) is 8.92. The molecule has 0 aromatic heterocycles. The lowest BCUT2D eigenvalue weighted by atomic mass is 9.82. The molecule has 0 aliphatic rings. The number of sulfonamides is 1. The third-order valence-electron chi connectivity index (χ3n) is 3.90. The third-order valence-corrected chi connectivity index (χ3v) is 5.38. The van der Waals surface area contributed by atoms with Crippen molar-refractivity contribution in [1.29, 1.82) is 0 Å². The summed E-state index contributed by atoms with van der Waals surface area (Å²) >= 11 is 0. The summed E-state index contributed by atoms with van der Waals surface area (Å²) in [5.74, 6) is 0. The van der Waals surface area contributed by atoms with E-state index in [9.17, 15) is 8.42 Å². The number of hydrogen-bond donors (Lipinski definition) is 1. The van der Waals surface area contributed by atoms with Gasteiger partial charge in [0.1, 0.15) is 0 Å². The van der Waals surface area contributed by atoms with Gasteiger partial charge in [0.2, 0.25) is 10.0 Å². The van der Waals surface area contributed by atoms with E-state index < -0.39 is 10.0 Å². The van der Waals surface area contributed by atoms with Gasteiger partial charge in [0, 0.05) is 6.54 Å². The lowest BCUT2D eigenvalue weighted by Gasteiger charge is -2.23. The third kappa shape index (κ3) is 4.60. The Hall–Kier alpha value is -0.870. The molecule has 0 aliphatic carbocycles. The minimum Gasteiger partial charge on any atom is -0.211 e. The van der Waals surface area contributed by atoms with Gasteiger partial charge in [-0.2, -0.15) is 0 Å². The van der Waals surface area contributed by atoms with Crippen LogP contribution in [0.15, 0.2) is 29.2 Å².